The minimum Gasteiger partial charge on any atom is -0.339 e. The summed E-state index contributed by atoms with van der Waals surface area (Å²) < 4.78 is 115. The van der Waals surface area contributed by atoms with Crippen LogP contribution >= 0.6 is 11.3 Å². The van der Waals surface area contributed by atoms with Gasteiger partial charge in [-0.3, -0.25) is 4.55 Å². The number of nitrogens with one attached hydrogen (secondary N) is 1. The molecule has 37 heavy (non-hydrogen) atoms. The van der Waals surface area contributed by atoms with Gasteiger partial charge in [0, 0.05) is 29.0 Å². The molecule has 1 aromatic carbocycles. The van der Waals surface area contributed by atoms with Crippen LogP contribution < -0.4 is 5.32 Å². The number of aromatic nitrogens is 4. The van der Waals surface area contributed by atoms with Crippen LogP contribution in [0.15, 0.2) is 48.1 Å². The Balaban J connectivity index is 1.87. The molecule has 4 aromatic rings. The Morgan fingerprint density at radius 1 is 1.08 bits per heavy atom. The van der Waals surface area contributed by atoms with Gasteiger partial charge >= 0.3 is 12.4 Å². The third kappa shape index (κ3) is 6.08. The fourth-order valence-electron chi connectivity index (χ4n) is 3.43. The van der Waals surface area contributed by atoms with Gasteiger partial charge in [-0.1, -0.05) is 0 Å². The first-order valence-corrected chi connectivity index (χ1v) is 12.6. The van der Waals surface area contributed by atoms with E-state index in [1.165, 1.54) is 35.2 Å². The van der Waals surface area contributed by atoms with Gasteiger partial charge < -0.3 is 5.32 Å². The molecular weight excluding hydrogens is 548 g/mol. The van der Waals surface area contributed by atoms with E-state index in [1.54, 1.807) is 17.6 Å². The minimum absolute atomic E-state index is 0.0518. The largest absolute Gasteiger partial charge is 0.418 e. The number of halogens is 6. The van der Waals surface area contributed by atoms with Crippen LogP contribution in [0.2, 0.25) is 0 Å². The van der Waals surface area contributed by atoms with Crippen molar-refractivity contribution in [2.24, 2.45) is 0 Å². The van der Waals surface area contributed by atoms with Gasteiger partial charge in [0.1, 0.15) is 22.3 Å². The Labute approximate surface area is 209 Å². The number of pyridine rings is 1. The number of aryl methyl sites for hydroxylation is 1. The Morgan fingerprint density at radius 2 is 1.81 bits per heavy atom. The van der Waals surface area contributed by atoms with Crippen molar-refractivity contribution >= 4 is 33.0 Å². The van der Waals surface area contributed by atoms with Gasteiger partial charge in [0.15, 0.2) is 0 Å². The molecule has 0 atom stereocenters. The van der Waals surface area contributed by atoms with Crippen LogP contribution in [0.4, 0.5) is 37.8 Å². The number of rotatable bonds is 6. The summed E-state index contributed by atoms with van der Waals surface area (Å²) in [5.41, 5.74) is -3.55. The molecule has 3 heterocycles. The molecule has 0 bridgehead atoms. The second-order valence-electron chi connectivity index (χ2n) is 7.70. The molecule has 0 fully saturated rings. The summed E-state index contributed by atoms with van der Waals surface area (Å²) in [5.74, 6) is -1.50. The van der Waals surface area contributed by atoms with E-state index in [0.29, 0.717) is 22.8 Å². The molecule has 4 rings (SSSR count). The molecular formula is C21H15F6N5O3S2. The second kappa shape index (κ2) is 9.42. The van der Waals surface area contributed by atoms with Crippen LogP contribution in [0.1, 0.15) is 22.4 Å². The van der Waals surface area contributed by atoms with E-state index in [2.05, 4.69) is 20.4 Å². The first-order valence-electron chi connectivity index (χ1n) is 10.1. The van der Waals surface area contributed by atoms with Crippen molar-refractivity contribution in [1.82, 2.24) is 19.7 Å². The minimum atomic E-state index is -5.19. The lowest BCUT2D eigenvalue weighted by atomic mass is 10.1. The van der Waals surface area contributed by atoms with Gasteiger partial charge in [0.25, 0.3) is 10.1 Å². The monoisotopic (exact) mass is 563 g/mol. The van der Waals surface area contributed by atoms with E-state index in [4.69, 9.17) is 0 Å². The molecule has 3 aromatic heterocycles. The molecule has 0 aliphatic carbocycles. The smallest absolute Gasteiger partial charge is 0.339 e. The second-order valence-corrected chi connectivity index (χ2v) is 10.0. The highest BCUT2D eigenvalue weighted by Crippen LogP contribution is 2.41. The van der Waals surface area contributed by atoms with Crippen molar-refractivity contribution in [3.63, 3.8) is 0 Å². The van der Waals surface area contributed by atoms with E-state index < -0.39 is 50.9 Å². The lowest BCUT2D eigenvalue weighted by Gasteiger charge is -2.20. The third-order valence-electron chi connectivity index (χ3n) is 4.95. The summed E-state index contributed by atoms with van der Waals surface area (Å²) in [5, 5.41) is 8.88. The first-order chi connectivity index (χ1) is 17.1. The highest BCUT2D eigenvalue weighted by Gasteiger charge is 2.38. The molecule has 16 heteroatoms. The van der Waals surface area contributed by atoms with Crippen molar-refractivity contribution < 1.29 is 39.3 Å². The zero-order chi connectivity index (χ0) is 27.2. The molecule has 0 unspecified atom stereocenters. The Bertz CT molecular complexity index is 1550. The van der Waals surface area contributed by atoms with Crippen molar-refractivity contribution in [3.8, 4) is 16.4 Å². The van der Waals surface area contributed by atoms with E-state index in [9.17, 15) is 39.3 Å². The Hall–Kier alpha value is -3.50. The number of anilines is 2. The summed E-state index contributed by atoms with van der Waals surface area (Å²) in [7, 11) is -4.74. The van der Waals surface area contributed by atoms with Crippen LogP contribution in [-0.4, -0.2) is 32.7 Å². The van der Waals surface area contributed by atoms with Crippen molar-refractivity contribution in [2.45, 2.75) is 25.0 Å². The predicted octanol–water partition coefficient (Wildman–Crippen LogP) is 5.87. The highest BCUT2D eigenvalue weighted by atomic mass is 32.2. The molecule has 0 amide bonds. The average molecular weight is 564 g/mol. The zero-order valence-electron chi connectivity index (χ0n) is 18.5. The molecule has 0 saturated heterocycles. The van der Waals surface area contributed by atoms with Gasteiger partial charge in [-0.25, -0.2) is 14.6 Å². The number of alkyl halides is 6. The fraction of sp³-hybridized carbons (Fsp3) is 0.190. The lowest BCUT2D eigenvalue weighted by Crippen LogP contribution is -2.15. The molecule has 196 valence electrons. The summed E-state index contributed by atoms with van der Waals surface area (Å²) in [4.78, 5) is 8.18. The lowest BCUT2D eigenvalue weighted by molar-refractivity contribution is -0.142. The number of hydrogen-bond acceptors (Lipinski definition) is 7. The maximum Gasteiger partial charge on any atom is 0.418 e. The molecule has 8 nitrogen and oxygen atoms in total. The van der Waals surface area contributed by atoms with Gasteiger partial charge in [0.05, 0.1) is 22.5 Å². The van der Waals surface area contributed by atoms with Crippen LogP contribution in [0, 0.1) is 6.92 Å². The number of benzene rings is 1. The van der Waals surface area contributed by atoms with Gasteiger partial charge in [0.2, 0.25) is 0 Å². The highest BCUT2D eigenvalue weighted by molar-refractivity contribution is 7.85. The van der Waals surface area contributed by atoms with E-state index in [0.717, 1.165) is 0 Å². The van der Waals surface area contributed by atoms with Crippen molar-refractivity contribution in [2.75, 3.05) is 5.32 Å². The van der Waals surface area contributed by atoms with E-state index in [1.807, 2.05) is 0 Å². The van der Waals surface area contributed by atoms with Crippen LogP contribution in [0.3, 0.4) is 0 Å². The maximum absolute atomic E-state index is 13.7. The molecule has 2 N–H and O–H groups in total. The predicted molar refractivity (Wildman–Crippen MR) is 122 cm³/mol. The van der Waals surface area contributed by atoms with Crippen LogP contribution in [0.25, 0.3) is 16.4 Å². The summed E-state index contributed by atoms with van der Waals surface area (Å²) in [6.45, 7) is 1.47. The Kier molecular flexibility index (Phi) is 6.76. The number of thiazole rings is 1. The molecule has 0 saturated carbocycles. The summed E-state index contributed by atoms with van der Waals surface area (Å²) in [6, 6.07) is 3.92. The standard InChI is InChI=1S/C21H15F6N5O3S2/c1-11-8-17(32-6-4-16(31-32)19-28-5-7-36-19)13(10-37(33,34)35)18(29-11)30-15-3-2-12(20(22,23)24)9-14(15)21(25,26)27/h2-9H,10H2,1H3,(H,29,30)(H,33,34,35). The number of hydrogen-bond donors (Lipinski definition) is 2. The third-order valence-corrected chi connectivity index (χ3v) is 6.40. The van der Waals surface area contributed by atoms with Crippen LogP contribution in [-0.2, 0) is 28.2 Å². The average Bonchev–Trinajstić information content (AvgIpc) is 3.45. The molecule has 0 spiro atoms. The summed E-state index contributed by atoms with van der Waals surface area (Å²) in [6.07, 6.45) is -7.23. The Morgan fingerprint density at radius 3 is 2.41 bits per heavy atom. The van der Waals surface area contributed by atoms with Gasteiger partial charge in [-0.2, -0.15) is 39.9 Å². The molecule has 0 aliphatic heterocycles. The molecule has 0 aliphatic rings. The van der Waals surface area contributed by atoms with Gasteiger partial charge in [-0.05, 0) is 37.3 Å². The SMILES string of the molecule is Cc1cc(-n2ccc(-c3nccs3)n2)c(CS(=O)(=O)O)c(Nc2ccc(C(F)(F)F)cc2C(F)(F)F)n1. The topological polar surface area (TPSA) is 110 Å². The zero-order valence-corrected chi connectivity index (χ0v) is 20.1. The van der Waals surface area contributed by atoms with E-state index >= 15 is 0 Å². The summed E-state index contributed by atoms with van der Waals surface area (Å²) >= 11 is 1.28. The normalized spacial score (nSPS) is 12.6. The van der Waals surface area contributed by atoms with Crippen molar-refractivity contribution in [1.29, 1.82) is 0 Å². The van der Waals surface area contributed by atoms with Gasteiger partial charge in [-0.15, -0.1) is 11.3 Å². The first kappa shape index (κ1) is 26.6. The maximum atomic E-state index is 13.7. The van der Waals surface area contributed by atoms with Crippen LogP contribution in [0.5, 0.6) is 0 Å². The quantitative estimate of drug-likeness (QED) is 0.223. The molecule has 0 radical (unpaired) electrons. The van der Waals surface area contributed by atoms with Crippen molar-refractivity contribution in [3.05, 3.63) is 70.5 Å². The fourth-order valence-corrected chi connectivity index (χ4v) is 4.68. The van der Waals surface area contributed by atoms with E-state index in [-0.39, 0.29) is 23.0 Å². The number of nitrogens with zero attached hydrogens (tertiary/aromatic N) is 4.